The van der Waals surface area contributed by atoms with Crippen molar-refractivity contribution in [3.63, 3.8) is 0 Å². The van der Waals surface area contributed by atoms with E-state index >= 15 is 0 Å². The largest absolute Gasteiger partial charge is 0.327 e. The Bertz CT molecular complexity index is 406. The van der Waals surface area contributed by atoms with Gasteiger partial charge in [-0.1, -0.05) is 32.0 Å². The molecule has 2 atom stereocenters. The van der Waals surface area contributed by atoms with Gasteiger partial charge in [-0.05, 0) is 61.1 Å². The molecule has 94 valence electrons. The molecule has 1 aromatic carbocycles. The molecule has 2 rings (SSSR count). The Morgan fingerprint density at radius 1 is 1.18 bits per heavy atom. The second-order valence-corrected chi connectivity index (χ2v) is 6.52. The van der Waals surface area contributed by atoms with E-state index in [9.17, 15) is 0 Å². The third-order valence-corrected chi connectivity index (χ3v) is 4.40. The Hall–Kier alpha value is -0.820. The Morgan fingerprint density at radius 3 is 2.53 bits per heavy atom. The molecule has 1 nitrogen and oxygen atoms in total. The molecule has 0 radical (unpaired) electrons. The molecule has 0 aromatic heterocycles. The summed E-state index contributed by atoms with van der Waals surface area (Å²) >= 11 is 0. The van der Waals surface area contributed by atoms with Crippen LogP contribution < -0.4 is 5.73 Å². The van der Waals surface area contributed by atoms with E-state index < -0.39 is 0 Å². The van der Waals surface area contributed by atoms with Crippen molar-refractivity contribution in [2.45, 2.75) is 58.9 Å². The van der Waals surface area contributed by atoms with Gasteiger partial charge in [0.2, 0.25) is 0 Å². The van der Waals surface area contributed by atoms with Crippen molar-refractivity contribution in [3.8, 4) is 0 Å². The number of aryl methyl sites for hydroxylation is 2. The summed E-state index contributed by atoms with van der Waals surface area (Å²) in [6, 6.07) is 7.18. The lowest BCUT2D eigenvalue weighted by Crippen LogP contribution is -2.37. The number of hydrogen-bond donors (Lipinski definition) is 1. The zero-order chi connectivity index (χ0) is 12.6. The molecule has 1 saturated carbocycles. The summed E-state index contributed by atoms with van der Waals surface area (Å²) in [6.07, 6.45) is 3.64. The first-order valence-electron chi connectivity index (χ1n) is 6.72. The van der Waals surface area contributed by atoms with Crippen molar-refractivity contribution < 1.29 is 0 Å². The monoisotopic (exact) mass is 231 g/mol. The SMILES string of the molecule is Cc1ccc(C2CC(C)(C)CCC2N)cc1C. The van der Waals surface area contributed by atoms with Gasteiger partial charge in [-0.15, -0.1) is 0 Å². The Morgan fingerprint density at radius 2 is 1.88 bits per heavy atom. The quantitative estimate of drug-likeness (QED) is 0.778. The zero-order valence-corrected chi connectivity index (χ0v) is 11.6. The normalized spacial score (nSPS) is 28.1. The highest BCUT2D eigenvalue weighted by molar-refractivity contribution is 5.33. The molecule has 1 aliphatic rings. The van der Waals surface area contributed by atoms with E-state index in [1.807, 2.05) is 0 Å². The van der Waals surface area contributed by atoms with E-state index in [4.69, 9.17) is 5.73 Å². The third kappa shape index (κ3) is 2.71. The van der Waals surface area contributed by atoms with Gasteiger partial charge in [0.25, 0.3) is 0 Å². The summed E-state index contributed by atoms with van der Waals surface area (Å²) in [5.74, 6) is 0.540. The Kier molecular flexibility index (Phi) is 3.31. The molecule has 1 fully saturated rings. The molecule has 0 heterocycles. The molecule has 0 spiro atoms. The first-order chi connectivity index (χ1) is 7.89. The van der Waals surface area contributed by atoms with Crippen LogP contribution in [0.15, 0.2) is 18.2 Å². The molecule has 2 N–H and O–H groups in total. The number of rotatable bonds is 1. The Labute approximate surface area is 105 Å². The van der Waals surface area contributed by atoms with Crippen LogP contribution >= 0.6 is 0 Å². The van der Waals surface area contributed by atoms with E-state index in [-0.39, 0.29) is 0 Å². The van der Waals surface area contributed by atoms with Crippen molar-refractivity contribution in [1.82, 2.24) is 0 Å². The summed E-state index contributed by atoms with van der Waals surface area (Å²) in [5, 5.41) is 0. The smallest absolute Gasteiger partial charge is 0.0108 e. The van der Waals surface area contributed by atoms with Crippen LogP contribution in [0.4, 0.5) is 0 Å². The first kappa shape index (κ1) is 12.6. The van der Waals surface area contributed by atoms with Crippen LogP contribution in [0.3, 0.4) is 0 Å². The predicted octanol–water partition coefficient (Wildman–Crippen LogP) is 3.92. The van der Waals surface area contributed by atoms with Gasteiger partial charge in [0.1, 0.15) is 0 Å². The molecule has 17 heavy (non-hydrogen) atoms. The van der Waals surface area contributed by atoms with E-state index in [2.05, 4.69) is 45.9 Å². The van der Waals surface area contributed by atoms with Gasteiger partial charge in [0, 0.05) is 6.04 Å². The lowest BCUT2D eigenvalue weighted by molar-refractivity contribution is 0.198. The molecule has 0 amide bonds. The van der Waals surface area contributed by atoms with E-state index in [0.29, 0.717) is 17.4 Å². The third-order valence-electron chi connectivity index (χ3n) is 4.40. The van der Waals surface area contributed by atoms with Crippen LogP contribution in [0.2, 0.25) is 0 Å². The summed E-state index contributed by atoms with van der Waals surface area (Å²) in [7, 11) is 0. The van der Waals surface area contributed by atoms with Crippen molar-refractivity contribution in [2.75, 3.05) is 0 Å². The van der Waals surface area contributed by atoms with Crippen LogP contribution in [0, 0.1) is 19.3 Å². The lowest BCUT2D eigenvalue weighted by Gasteiger charge is -2.39. The molecule has 0 saturated heterocycles. The van der Waals surface area contributed by atoms with Gasteiger partial charge >= 0.3 is 0 Å². The van der Waals surface area contributed by atoms with Crippen molar-refractivity contribution in [2.24, 2.45) is 11.1 Å². The molecule has 1 heteroatoms. The summed E-state index contributed by atoms with van der Waals surface area (Å²) < 4.78 is 0. The number of benzene rings is 1. The van der Waals surface area contributed by atoms with Crippen molar-refractivity contribution in [3.05, 3.63) is 34.9 Å². The minimum absolute atomic E-state index is 0.338. The van der Waals surface area contributed by atoms with Crippen molar-refractivity contribution >= 4 is 0 Å². The van der Waals surface area contributed by atoms with Crippen LogP contribution in [-0.2, 0) is 0 Å². The number of nitrogens with two attached hydrogens (primary N) is 1. The summed E-state index contributed by atoms with van der Waals surface area (Å²) in [6.45, 7) is 9.10. The maximum absolute atomic E-state index is 6.32. The van der Waals surface area contributed by atoms with Gasteiger partial charge < -0.3 is 5.73 Å². The average Bonchev–Trinajstić information content (AvgIpc) is 2.26. The van der Waals surface area contributed by atoms with Gasteiger partial charge in [0.05, 0.1) is 0 Å². The van der Waals surface area contributed by atoms with Gasteiger partial charge in [-0.3, -0.25) is 0 Å². The molecule has 2 unspecified atom stereocenters. The minimum atomic E-state index is 0.338. The fourth-order valence-electron chi connectivity index (χ4n) is 2.97. The molecule has 0 bridgehead atoms. The second kappa shape index (κ2) is 4.45. The fraction of sp³-hybridized carbons (Fsp3) is 0.625. The minimum Gasteiger partial charge on any atom is -0.327 e. The molecule has 1 aromatic rings. The highest BCUT2D eigenvalue weighted by atomic mass is 14.7. The van der Waals surface area contributed by atoms with Crippen LogP contribution in [0.5, 0.6) is 0 Å². The van der Waals surface area contributed by atoms with E-state index in [1.165, 1.54) is 29.5 Å². The lowest BCUT2D eigenvalue weighted by atomic mass is 9.68. The summed E-state index contributed by atoms with van der Waals surface area (Å²) in [5.41, 5.74) is 11.0. The maximum Gasteiger partial charge on any atom is 0.0108 e. The van der Waals surface area contributed by atoms with Crippen LogP contribution in [-0.4, -0.2) is 6.04 Å². The van der Waals surface area contributed by atoms with Gasteiger partial charge in [0.15, 0.2) is 0 Å². The molecular formula is C16H25N. The fourth-order valence-corrected chi connectivity index (χ4v) is 2.97. The topological polar surface area (TPSA) is 26.0 Å². The molecule has 1 aliphatic carbocycles. The Balaban J connectivity index is 2.28. The van der Waals surface area contributed by atoms with E-state index in [1.54, 1.807) is 0 Å². The highest BCUT2D eigenvalue weighted by Crippen LogP contribution is 2.42. The van der Waals surface area contributed by atoms with E-state index in [0.717, 1.165) is 6.42 Å². The summed E-state index contributed by atoms with van der Waals surface area (Å²) in [4.78, 5) is 0. The average molecular weight is 231 g/mol. The molecule has 0 aliphatic heterocycles. The number of hydrogen-bond acceptors (Lipinski definition) is 1. The van der Waals surface area contributed by atoms with Crippen LogP contribution in [0.1, 0.15) is 55.7 Å². The van der Waals surface area contributed by atoms with Gasteiger partial charge in [-0.2, -0.15) is 0 Å². The second-order valence-electron chi connectivity index (χ2n) is 6.52. The zero-order valence-electron chi connectivity index (χ0n) is 11.6. The standard InChI is InChI=1S/C16H25N/c1-11-5-6-13(9-12(11)2)14-10-16(3,4)8-7-15(14)17/h5-6,9,14-15H,7-8,10,17H2,1-4H3. The van der Waals surface area contributed by atoms with Gasteiger partial charge in [-0.25, -0.2) is 0 Å². The van der Waals surface area contributed by atoms with Crippen molar-refractivity contribution in [1.29, 1.82) is 0 Å². The predicted molar refractivity (Wildman–Crippen MR) is 74.3 cm³/mol. The van der Waals surface area contributed by atoms with Crippen LogP contribution in [0.25, 0.3) is 0 Å². The maximum atomic E-state index is 6.32. The molecular weight excluding hydrogens is 206 g/mol. The first-order valence-corrected chi connectivity index (χ1v) is 6.72. The highest BCUT2D eigenvalue weighted by Gasteiger charge is 2.33.